The minimum Gasteiger partial charge on any atom is -0.330 e. The van der Waals surface area contributed by atoms with Crippen molar-refractivity contribution in [2.45, 2.75) is 25.3 Å². The van der Waals surface area contributed by atoms with E-state index in [9.17, 15) is 0 Å². The summed E-state index contributed by atoms with van der Waals surface area (Å²) in [6.45, 7) is 6.20. The van der Waals surface area contributed by atoms with Crippen LogP contribution in [-0.4, -0.2) is 43.1 Å². The number of benzene rings is 1. The molecule has 1 rings (SSSR count). The molecule has 0 radical (unpaired) electrons. The Hall–Kier alpha value is -0.510. The van der Waals surface area contributed by atoms with Gasteiger partial charge in [0, 0.05) is 30.3 Å². The van der Waals surface area contributed by atoms with Crippen LogP contribution >= 0.6 is 11.8 Å². The van der Waals surface area contributed by atoms with Crippen molar-refractivity contribution in [3.8, 4) is 0 Å². The van der Waals surface area contributed by atoms with Crippen LogP contribution in [0.4, 0.5) is 0 Å². The lowest BCUT2D eigenvalue weighted by molar-refractivity contribution is 0.220. The Morgan fingerprint density at radius 1 is 1.33 bits per heavy atom. The molecule has 3 heteroatoms. The molecule has 2 nitrogen and oxygen atoms in total. The van der Waals surface area contributed by atoms with Crippen LogP contribution in [0.1, 0.15) is 19.4 Å². The first-order valence-electron chi connectivity index (χ1n) is 6.48. The quantitative estimate of drug-likeness (QED) is 0.822. The fourth-order valence-corrected chi connectivity index (χ4v) is 2.93. The number of hydrogen-bond donors (Lipinski definition) is 1. The molecule has 2 N–H and O–H groups in total. The molecule has 0 aliphatic heterocycles. The van der Waals surface area contributed by atoms with Crippen LogP contribution in [0, 0.1) is 0 Å². The maximum absolute atomic E-state index is 6.03. The van der Waals surface area contributed by atoms with Crippen LogP contribution in [0.25, 0.3) is 0 Å². The lowest BCUT2D eigenvalue weighted by Gasteiger charge is -2.36. The Morgan fingerprint density at radius 3 is 2.44 bits per heavy atom. The third-order valence-corrected chi connectivity index (χ3v) is 4.50. The molecule has 0 heterocycles. The van der Waals surface area contributed by atoms with Gasteiger partial charge in [0.25, 0.3) is 0 Å². The second-order valence-electron chi connectivity index (χ2n) is 5.35. The highest BCUT2D eigenvalue weighted by atomic mass is 32.2. The summed E-state index contributed by atoms with van der Waals surface area (Å²) in [4.78, 5) is 2.41. The Bertz CT molecular complexity index is 342. The fraction of sp³-hybridized carbons (Fsp3) is 0.600. The van der Waals surface area contributed by atoms with Crippen molar-refractivity contribution in [2.75, 3.05) is 32.1 Å². The zero-order valence-electron chi connectivity index (χ0n) is 12.0. The van der Waals surface area contributed by atoms with Gasteiger partial charge in [0.15, 0.2) is 0 Å². The summed E-state index contributed by atoms with van der Waals surface area (Å²) in [5.74, 6) is 1.16. The summed E-state index contributed by atoms with van der Waals surface area (Å²) in [7, 11) is 2.19. The highest BCUT2D eigenvalue weighted by Gasteiger charge is 2.27. The molecular formula is C15H26N2S. The Balaban J connectivity index is 2.77. The van der Waals surface area contributed by atoms with Gasteiger partial charge < -0.3 is 10.6 Å². The molecule has 1 aromatic rings. The van der Waals surface area contributed by atoms with E-state index in [4.69, 9.17) is 5.73 Å². The van der Waals surface area contributed by atoms with E-state index in [0.29, 0.717) is 12.6 Å². The van der Waals surface area contributed by atoms with E-state index >= 15 is 0 Å². The van der Waals surface area contributed by atoms with Gasteiger partial charge in [-0.2, -0.15) is 11.8 Å². The maximum atomic E-state index is 6.03. The first-order valence-corrected chi connectivity index (χ1v) is 7.87. The minimum absolute atomic E-state index is 0.0304. The average Bonchev–Trinajstić information content (AvgIpc) is 2.39. The van der Waals surface area contributed by atoms with Crippen molar-refractivity contribution >= 4 is 11.8 Å². The molecule has 0 amide bonds. The normalized spacial score (nSPS) is 16.6. The standard InChI is InChI=1S/C15H26N2S/c1-13(10-18-4)17(3)12-15(2,11-16)14-8-6-5-7-9-14/h5-9,13H,10-12,16H2,1-4H3. The van der Waals surface area contributed by atoms with Gasteiger partial charge in [0.05, 0.1) is 0 Å². The van der Waals surface area contributed by atoms with E-state index in [1.165, 1.54) is 5.56 Å². The van der Waals surface area contributed by atoms with Gasteiger partial charge in [-0.05, 0) is 25.8 Å². The third-order valence-electron chi connectivity index (χ3n) is 3.68. The van der Waals surface area contributed by atoms with E-state index < -0.39 is 0 Å². The Kier molecular flexibility index (Phi) is 6.19. The monoisotopic (exact) mass is 266 g/mol. The molecule has 102 valence electrons. The van der Waals surface area contributed by atoms with Gasteiger partial charge in [-0.3, -0.25) is 0 Å². The van der Waals surface area contributed by atoms with Crippen molar-refractivity contribution in [3.63, 3.8) is 0 Å². The highest BCUT2D eigenvalue weighted by molar-refractivity contribution is 7.98. The maximum Gasteiger partial charge on any atom is 0.0174 e. The number of hydrogen-bond acceptors (Lipinski definition) is 3. The van der Waals surface area contributed by atoms with E-state index in [-0.39, 0.29) is 5.41 Å². The Labute approximate surface area is 116 Å². The molecule has 0 aromatic heterocycles. The molecule has 0 saturated carbocycles. The van der Waals surface area contributed by atoms with Crippen LogP contribution in [0.3, 0.4) is 0 Å². The first kappa shape index (κ1) is 15.5. The van der Waals surface area contributed by atoms with E-state index in [1.807, 2.05) is 11.8 Å². The van der Waals surface area contributed by atoms with Crippen molar-refractivity contribution in [2.24, 2.45) is 5.73 Å². The fourth-order valence-electron chi connectivity index (χ4n) is 2.19. The summed E-state index contributed by atoms with van der Waals surface area (Å²) >= 11 is 1.89. The molecule has 0 fully saturated rings. The van der Waals surface area contributed by atoms with Crippen molar-refractivity contribution in [1.82, 2.24) is 4.90 Å². The number of rotatable bonds is 7. The summed E-state index contributed by atoms with van der Waals surface area (Å²) in [5.41, 5.74) is 7.39. The molecule has 0 spiro atoms. The van der Waals surface area contributed by atoms with Crippen molar-refractivity contribution < 1.29 is 0 Å². The highest BCUT2D eigenvalue weighted by Crippen LogP contribution is 2.24. The molecule has 2 unspecified atom stereocenters. The molecule has 0 bridgehead atoms. The van der Waals surface area contributed by atoms with E-state index in [2.05, 4.69) is 62.4 Å². The van der Waals surface area contributed by atoms with Crippen LogP contribution in [-0.2, 0) is 5.41 Å². The summed E-state index contributed by atoms with van der Waals surface area (Å²) in [5, 5.41) is 0. The molecule has 2 atom stereocenters. The third kappa shape index (κ3) is 4.01. The van der Waals surface area contributed by atoms with Crippen LogP contribution in [0.15, 0.2) is 30.3 Å². The van der Waals surface area contributed by atoms with Crippen molar-refractivity contribution in [3.05, 3.63) is 35.9 Å². The van der Waals surface area contributed by atoms with Gasteiger partial charge in [0.2, 0.25) is 0 Å². The molecule has 0 aliphatic rings. The lowest BCUT2D eigenvalue weighted by atomic mass is 9.82. The predicted molar refractivity (Wildman–Crippen MR) is 83.3 cm³/mol. The number of likely N-dealkylation sites (N-methyl/N-ethyl adjacent to an activating group) is 1. The van der Waals surface area contributed by atoms with Crippen molar-refractivity contribution in [1.29, 1.82) is 0 Å². The summed E-state index contributed by atoms with van der Waals surface area (Å²) in [6.07, 6.45) is 2.16. The SMILES string of the molecule is CSCC(C)N(C)CC(C)(CN)c1ccccc1. The molecule has 18 heavy (non-hydrogen) atoms. The number of thioether (sulfide) groups is 1. The second-order valence-corrected chi connectivity index (χ2v) is 6.26. The topological polar surface area (TPSA) is 29.3 Å². The van der Waals surface area contributed by atoms with E-state index in [1.54, 1.807) is 0 Å². The summed E-state index contributed by atoms with van der Waals surface area (Å²) in [6, 6.07) is 11.2. The minimum atomic E-state index is 0.0304. The Morgan fingerprint density at radius 2 is 1.94 bits per heavy atom. The van der Waals surface area contributed by atoms with Gasteiger partial charge in [-0.25, -0.2) is 0 Å². The van der Waals surface area contributed by atoms with Crippen LogP contribution in [0.2, 0.25) is 0 Å². The van der Waals surface area contributed by atoms with Gasteiger partial charge in [-0.1, -0.05) is 37.3 Å². The van der Waals surface area contributed by atoms with Crippen LogP contribution < -0.4 is 5.73 Å². The van der Waals surface area contributed by atoms with Gasteiger partial charge in [0.1, 0.15) is 0 Å². The average molecular weight is 266 g/mol. The smallest absolute Gasteiger partial charge is 0.0174 e. The summed E-state index contributed by atoms with van der Waals surface area (Å²) < 4.78 is 0. The zero-order valence-corrected chi connectivity index (χ0v) is 12.8. The molecule has 1 aromatic carbocycles. The lowest BCUT2D eigenvalue weighted by Crippen LogP contribution is -2.46. The molecule has 0 aliphatic carbocycles. The second kappa shape index (κ2) is 7.17. The largest absolute Gasteiger partial charge is 0.330 e. The van der Waals surface area contributed by atoms with Gasteiger partial charge >= 0.3 is 0 Å². The van der Waals surface area contributed by atoms with Gasteiger partial charge in [-0.15, -0.1) is 0 Å². The first-order chi connectivity index (χ1) is 8.53. The van der Waals surface area contributed by atoms with E-state index in [0.717, 1.165) is 12.3 Å². The molecular weight excluding hydrogens is 240 g/mol. The zero-order chi connectivity index (χ0) is 13.6. The van der Waals surface area contributed by atoms with Crippen LogP contribution in [0.5, 0.6) is 0 Å². The predicted octanol–water partition coefficient (Wildman–Crippen LogP) is 2.59. The molecule has 0 saturated heterocycles. The number of nitrogens with zero attached hydrogens (tertiary/aromatic N) is 1. The number of nitrogens with two attached hydrogens (primary N) is 1.